The lowest BCUT2D eigenvalue weighted by Gasteiger charge is -2.35. The quantitative estimate of drug-likeness (QED) is 0.362. The molecule has 2 aromatic rings. The van der Waals surface area contributed by atoms with Crippen LogP contribution in [-0.2, 0) is 4.74 Å². The summed E-state index contributed by atoms with van der Waals surface area (Å²) in [4.78, 5) is 6.65. The fraction of sp³-hybridized carbons (Fsp3) is 0.435. The molecule has 0 aliphatic carbocycles. The number of rotatable bonds is 9. The monoisotopic (exact) mass is 430 g/mol. The molecule has 2 aromatic carbocycles. The van der Waals surface area contributed by atoms with Crippen LogP contribution in [0.2, 0.25) is 0 Å². The molecule has 1 unspecified atom stereocenters. The van der Waals surface area contributed by atoms with Gasteiger partial charge in [-0.25, -0.2) is 4.39 Å². The Labute approximate surface area is 183 Å². The van der Waals surface area contributed by atoms with Gasteiger partial charge in [-0.2, -0.15) is 0 Å². The molecule has 1 aliphatic rings. The minimum atomic E-state index is -0.230. The standard InChI is InChI=1S/C23H31FN4O3/c1-25-23(26-11-14-31-21-9-7-20(29-2)8-10-21)27-17-22(28-12-15-30-16-13-28)18-3-5-19(24)6-4-18/h3-10,22H,11-17H2,1-2H3,(H2,25,26,27). The van der Waals surface area contributed by atoms with Crippen LogP contribution in [0.5, 0.6) is 11.5 Å². The fourth-order valence-electron chi connectivity index (χ4n) is 3.46. The summed E-state index contributed by atoms with van der Waals surface area (Å²) in [5.74, 6) is 2.05. The third-order valence-electron chi connectivity index (χ3n) is 5.15. The van der Waals surface area contributed by atoms with Crippen molar-refractivity contribution in [1.29, 1.82) is 0 Å². The summed E-state index contributed by atoms with van der Waals surface area (Å²) >= 11 is 0. The first-order chi connectivity index (χ1) is 15.2. The number of aliphatic imine (C=N–C) groups is 1. The number of guanidine groups is 1. The van der Waals surface area contributed by atoms with Gasteiger partial charge in [-0.15, -0.1) is 0 Å². The molecular formula is C23H31FN4O3. The lowest BCUT2D eigenvalue weighted by molar-refractivity contribution is 0.0170. The number of hydrogen-bond donors (Lipinski definition) is 2. The highest BCUT2D eigenvalue weighted by Gasteiger charge is 2.23. The number of nitrogens with zero attached hydrogens (tertiary/aromatic N) is 2. The van der Waals surface area contributed by atoms with E-state index >= 15 is 0 Å². The van der Waals surface area contributed by atoms with Crippen molar-refractivity contribution in [2.45, 2.75) is 6.04 Å². The number of nitrogens with one attached hydrogen (secondary N) is 2. The van der Waals surface area contributed by atoms with E-state index in [1.54, 1.807) is 14.2 Å². The van der Waals surface area contributed by atoms with E-state index in [1.165, 1.54) is 12.1 Å². The van der Waals surface area contributed by atoms with Crippen LogP contribution in [0.3, 0.4) is 0 Å². The first-order valence-corrected chi connectivity index (χ1v) is 10.5. The maximum atomic E-state index is 13.4. The second-order valence-electron chi connectivity index (χ2n) is 7.12. The highest BCUT2D eigenvalue weighted by atomic mass is 19.1. The number of benzene rings is 2. The molecule has 31 heavy (non-hydrogen) atoms. The predicted molar refractivity (Wildman–Crippen MR) is 119 cm³/mol. The highest BCUT2D eigenvalue weighted by Crippen LogP contribution is 2.21. The average molecular weight is 431 g/mol. The molecule has 8 heteroatoms. The molecule has 1 aliphatic heterocycles. The van der Waals surface area contributed by atoms with Crippen molar-refractivity contribution in [3.05, 3.63) is 59.9 Å². The first kappa shape index (κ1) is 22.8. The molecule has 0 radical (unpaired) electrons. The van der Waals surface area contributed by atoms with Crippen LogP contribution in [0.25, 0.3) is 0 Å². The van der Waals surface area contributed by atoms with Gasteiger partial charge in [-0.05, 0) is 42.0 Å². The predicted octanol–water partition coefficient (Wildman–Crippen LogP) is 2.45. The van der Waals surface area contributed by atoms with Gasteiger partial charge in [0.15, 0.2) is 5.96 Å². The molecule has 1 saturated heterocycles. The number of halogens is 1. The lowest BCUT2D eigenvalue weighted by Crippen LogP contribution is -2.46. The Balaban J connectivity index is 1.49. The van der Waals surface area contributed by atoms with Gasteiger partial charge in [0.25, 0.3) is 0 Å². The molecule has 0 bridgehead atoms. The van der Waals surface area contributed by atoms with Gasteiger partial charge in [0.05, 0.1) is 32.9 Å². The molecule has 1 atom stereocenters. The van der Waals surface area contributed by atoms with E-state index in [2.05, 4.69) is 20.5 Å². The van der Waals surface area contributed by atoms with Crippen LogP contribution in [-0.4, -0.2) is 71.0 Å². The van der Waals surface area contributed by atoms with Gasteiger partial charge < -0.3 is 24.8 Å². The molecule has 3 rings (SSSR count). The van der Waals surface area contributed by atoms with Crippen molar-refractivity contribution in [3.8, 4) is 11.5 Å². The molecule has 1 heterocycles. The third-order valence-corrected chi connectivity index (χ3v) is 5.15. The van der Waals surface area contributed by atoms with E-state index in [9.17, 15) is 4.39 Å². The van der Waals surface area contributed by atoms with Crippen molar-refractivity contribution < 1.29 is 18.6 Å². The summed E-state index contributed by atoms with van der Waals surface area (Å²) in [6.45, 7) is 4.82. The van der Waals surface area contributed by atoms with E-state index in [-0.39, 0.29) is 11.9 Å². The average Bonchev–Trinajstić information content (AvgIpc) is 2.82. The molecule has 0 saturated carbocycles. The van der Waals surface area contributed by atoms with Crippen molar-refractivity contribution in [2.75, 3.05) is 60.2 Å². The van der Waals surface area contributed by atoms with Crippen molar-refractivity contribution >= 4 is 5.96 Å². The molecule has 2 N–H and O–H groups in total. The molecule has 7 nitrogen and oxygen atoms in total. The first-order valence-electron chi connectivity index (χ1n) is 10.5. The van der Waals surface area contributed by atoms with Gasteiger partial charge in [0, 0.05) is 26.7 Å². The third kappa shape index (κ3) is 7.11. The number of morpholine rings is 1. The molecule has 0 aromatic heterocycles. The number of ether oxygens (including phenoxy) is 3. The molecule has 168 valence electrons. The molecule has 1 fully saturated rings. The minimum absolute atomic E-state index is 0.0959. The summed E-state index contributed by atoms with van der Waals surface area (Å²) < 4.78 is 29.8. The Morgan fingerprint density at radius 1 is 1.06 bits per heavy atom. The van der Waals surface area contributed by atoms with Gasteiger partial charge in [0.1, 0.15) is 23.9 Å². The van der Waals surface area contributed by atoms with E-state index in [1.807, 2.05) is 36.4 Å². The van der Waals surface area contributed by atoms with E-state index in [0.717, 1.165) is 30.2 Å². The maximum absolute atomic E-state index is 13.4. The minimum Gasteiger partial charge on any atom is -0.497 e. The van der Waals surface area contributed by atoms with E-state index in [4.69, 9.17) is 14.2 Å². The number of hydrogen-bond acceptors (Lipinski definition) is 5. The zero-order chi connectivity index (χ0) is 21.9. The molecule has 0 amide bonds. The summed E-state index contributed by atoms with van der Waals surface area (Å²) in [6, 6.07) is 14.3. The summed E-state index contributed by atoms with van der Waals surface area (Å²) in [6.07, 6.45) is 0. The van der Waals surface area contributed by atoms with Crippen LogP contribution in [0.15, 0.2) is 53.5 Å². The largest absolute Gasteiger partial charge is 0.497 e. The molecular weight excluding hydrogens is 399 g/mol. The van der Waals surface area contributed by atoms with E-state index in [0.29, 0.717) is 38.9 Å². The Hall–Kier alpha value is -2.84. The fourth-order valence-corrected chi connectivity index (χ4v) is 3.46. The highest BCUT2D eigenvalue weighted by molar-refractivity contribution is 5.79. The summed E-state index contributed by atoms with van der Waals surface area (Å²) in [5.41, 5.74) is 1.06. The maximum Gasteiger partial charge on any atom is 0.191 e. The molecule has 0 spiro atoms. The summed E-state index contributed by atoms with van der Waals surface area (Å²) in [5, 5.41) is 6.65. The smallest absolute Gasteiger partial charge is 0.191 e. The Bertz CT molecular complexity index is 809. The van der Waals surface area contributed by atoms with Gasteiger partial charge in [-0.3, -0.25) is 9.89 Å². The van der Waals surface area contributed by atoms with Crippen molar-refractivity contribution in [1.82, 2.24) is 15.5 Å². The van der Waals surface area contributed by atoms with Crippen LogP contribution < -0.4 is 20.1 Å². The Morgan fingerprint density at radius 3 is 2.39 bits per heavy atom. The number of methoxy groups -OCH3 is 1. The van der Waals surface area contributed by atoms with Crippen molar-refractivity contribution in [3.63, 3.8) is 0 Å². The SMILES string of the molecule is CN=C(NCCOc1ccc(OC)cc1)NCC(c1ccc(F)cc1)N1CCOCC1. The second-order valence-corrected chi connectivity index (χ2v) is 7.12. The van der Waals surface area contributed by atoms with Crippen molar-refractivity contribution in [2.24, 2.45) is 4.99 Å². The topological polar surface area (TPSA) is 67.4 Å². The van der Waals surface area contributed by atoms with E-state index < -0.39 is 0 Å². The van der Waals surface area contributed by atoms with Gasteiger partial charge >= 0.3 is 0 Å². The Morgan fingerprint density at radius 2 is 1.74 bits per heavy atom. The van der Waals surface area contributed by atoms with Crippen LogP contribution in [0.1, 0.15) is 11.6 Å². The van der Waals surface area contributed by atoms with Gasteiger partial charge in [0.2, 0.25) is 0 Å². The summed E-state index contributed by atoms with van der Waals surface area (Å²) in [7, 11) is 3.37. The zero-order valence-electron chi connectivity index (χ0n) is 18.1. The van der Waals surface area contributed by atoms with Crippen LogP contribution in [0, 0.1) is 5.82 Å². The second kappa shape index (κ2) is 12.1. The van der Waals surface area contributed by atoms with Crippen LogP contribution in [0.4, 0.5) is 4.39 Å². The van der Waals surface area contributed by atoms with Gasteiger partial charge in [-0.1, -0.05) is 12.1 Å². The Kier molecular flexibility index (Phi) is 8.93. The van der Waals surface area contributed by atoms with Crippen LogP contribution >= 0.6 is 0 Å². The zero-order valence-corrected chi connectivity index (χ0v) is 18.1. The normalized spacial score (nSPS) is 15.9. The lowest BCUT2D eigenvalue weighted by atomic mass is 10.0.